The summed E-state index contributed by atoms with van der Waals surface area (Å²) in [6, 6.07) is 4.12. The average Bonchev–Trinajstić information content (AvgIpc) is 3.12. The highest BCUT2D eigenvalue weighted by molar-refractivity contribution is 5.03. The number of hydrogen-bond acceptors (Lipinski definition) is 5. The number of aryl methyl sites for hydroxylation is 1. The summed E-state index contributed by atoms with van der Waals surface area (Å²) in [5, 5.41) is 4.26. The van der Waals surface area contributed by atoms with Crippen LogP contribution in [-0.2, 0) is 6.54 Å². The summed E-state index contributed by atoms with van der Waals surface area (Å²) in [6.07, 6.45) is 6.11. The Kier molecular flexibility index (Phi) is 5.65. The highest BCUT2D eigenvalue weighted by Crippen LogP contribution is 2.23. The van der Waals surface area contributed by atoms with Gasteiger partial charge in [-0.2, -0.15) is 5.10 Å². The maximum absolute atomic E-state index is 11.7. The Morgan fingerprint density at radius 2 is 2.12 bits per heavy atom. The van der Waals surface area contributed by atoms with E-state index in [1.807, 2.05) is 30.1 Å². The lowest BCUT2D eigenvalue weighted by atomic mass is 10.0. The third-order valence-electron chi connectivity index (χ3n) is 5.23. The SMILES string of the molecule is Cc1cc(=O)[nH]c([C@@H](C)N(C)C2CCN(CCn3cccn3)CC2)n1. The first-order valence-electron chi connectivity index (χ1n) is 9.02. The van der Waals surface area contributed by atoms with Crippen LogP contribution in [0.25, 0.3) is 0 Å². The van der Waals surface area contributed by atoms with Crippen LogP contribution >= 0.6 is 0 Å². The van der Waals surface area contributed by atoms with Crippen molar-refractivity contribution in [3.05, 3.63) is 46.4 Å². The smallest absolute Gasteiger partial charge is 0.251 e. The number of aromatic amines is 1. The van der Waals surface area contributed by atoms with Crippen LogP contribution in [0.3, 0.4) is 0 Å². The fourth-order valence-electron chi connectivity index (χ4n) is 3.54. The number of likely N-dealkylation sites (tertiary alicyclic amines) is 1. The number of H-pyrrole nitrogens is 1. The summed E-state index contributed by atoms with van der Waals surface area (Å²) < 4.78 is 1.99. The Hall–Kier alpha value is -1.99. The number of hydrogen-bond donors (Lipinski definition) is 1. The van der Waals surface area contributed by atoms with E-state index in [1.54, 1.807) is 0 Å². The summed E-state index contributed by atoms with van der Waals surface area (Å²) in [4.78, 5) is 23.9. The highest BCUT2D eigenvalue weighted by atomic mass is 16.1. The van der Waals surface area contributed by atoms with Crippen LogP contribution in [0.2, 0.25) is 0 Å². The lowest BCUT2D eigenvalue weighted by molar-refractivity contribution is 0.0964. The normalized spacial score (nSPS) is 17.9. The molecule has 0 radical (unpaired) electrons. The van der Waals surface area contributed by atoms with E-state index in [9.17, 15) is 4.79 Å². The predicted molar refractivity (Wildman–Crippen MR) is 97.5 cm³/mol. The van der Waals surface area contributed by atoms with Crippen molar-refractivity contribution in [3.63, 3.8) is 0 Å². The molecule has 3 rings (SSSR count). The molecule has 0 bridgehead atoms. The van der Waals surface area contributed by atoms with Crippen molar-refractivity contribution in [2.45, 2.75) is 45.3 Å². The predicted octanol–water partition coefficient (Wildman–Crippen LogP) is 1.43. The van der Waals surface area contributed by atoms with E-state index in [2.05, 4.69) is 38.8 Å². The van der Waals surface area contributed by atoms with Crippen LogP contribution in [0.4, 0.5) is 0 Å². The van der Waals surface area contributed by atoms with E-state index in [0.29, 0.717) is 6.04 Å². The molecule has 0 aliphatic carbocycles. The standard InChI is InChI=1S/C18H28N6O/c1-14-13-17(25)21-18(20-14)15(2)22(3)16-5-9-23(10-6-16)11-12-24-8-4-7-19-24/h4,7-8,13,15-16H,5-6,9-12H2,1-3H3,(H,20,21,25)/t15-/m1/s1. The third kappa shape index (κ3) is 4.55. The minimum atomic E-state index is -0.0730. The zero-order valence-corrected chi connectivity index (χ0v) is 15.4. The molecule has 2 aromatic rings. The van der Waals surface area contributed by atoms with Gasteiger partial charge in [-0.25, -0.2) is 4.98 Å². The summed E-state index contributed by atoms with van der Waals surface area (Å²) in [6.45, 7) is 8.16. The maximum Gasteiger partial charge on any atom is 0.251 e. The first-order valence-corrected chi connectivity index (χ1v) is 9.02. The molecule has 25 heavy (non-hydrogen) atoms. The molecule has 1 fully saturated rings. The van der Waals surface area contributed by atoms with Gasteiger partial charge in [-0.05, 0) is 52.9 Å². The van der Waals surface area contributed by atoms with Crippen LogP contribution in [0.5, 0.6) is 0 Å². The van der Waals surface area contributed by atoms with Crippen molar-refractivity contribution < 1.29 is 0 Å². The van der Waals surface area contributed by atoms with E-state index in [-0.39, 0.29) is 11.6 Å². The fourth-order valence-corrected chi connectivity index (χ4v) is 3.54. The van der Waals surface area contributed by atoms with Gasteiger partial charge < -0.3 is 9.88 Å². The second-order valence-corrected chi connectivity index (χ2v) is 6.96. The van der Waals surface area contributed by atoms with E-state index < -0.39 is 0 Å². The maximum atomic E-state index is 11.7. The van der Waals surface area contributed by atoms with Gasteiger partial charge in [0.25, 0.3) is 5.56 Å². The van der Waals surface area contributed by atoms with Crippen LogP contribution in [0, 0.1) is 6.92 Å². The van der Waals surface area contributed by atoms with Gasteiger partial charge in [0.05, 0.1) is 12.6 Å². The Balaban J connectivity index is 1.52. The third-order valence-corrected chi connectivity index (χ3v) is 5.23. The van der Waals surface area contributed by atoms with Crippen LogP contribution < -0.4 is 5.56 Å². The molecule has 1 atom stereocenters. The topological polar surface area (TPSA) is 70.1 Å². The van der Waals surface area contributed by atoms with E-state index in [0.717, 1.165) is 50.5 Å². The molecular formula is C18H28N6O. The van der Waals surface area contributed by atoms with E-state index >= 15 is 0 Å². The highest BCUT2D eigenvalue weighted by Gasteiger charge is 2.26. The number of nitrogens with one attached hydrogen (secondary N) is 1. The molecule has 1 aliphatic heterocycles. The molecule has 0 spiro atoms. The second-order valence-electron chi connectivity index (χ2n) is 6.96. The summed E-state index contributed by atoms with van der Waals surface area (Å²) in [7, 11) is 2.14. The molecular weight excluding hydrogens is 316 g/mol. The molecule has 7 heteroatoms. The Labute approximate surface area is 148 Å². The number of rotatable bonds is 6. The van der Waals surface area contributed by atoms with Crippen molar-refractivity contribution in [1.82, 2.24) is 29.5 Å². The zero-order chi connectivity index (χ0) is 17.8. The minimum absolute atomic E-state index is 0.0730. The van der Waals surface area contributed by atoms with Crippen LogP contribution in [0.15, 0.2) is 29.3 Å². The summed E-state index contributed by atoms with van der Waals surface area (Å²) in [5.74, 6) is 0.758. The van der Waals surface area contributed by atoms with Gasteiger partial charge in [-0.1, -0.05) is 0 Å². The van der Waals surface area contributed by atoms with Crippen molar-refractivity contribution in [3.8, 4) is 0 Å². The minimum Gasteiger partial charge on any atom is -0.309 e. The summed E-state index contributed by atoms with van der Waals surface area (Å²) in [5.41, 5.74) is 0.698. The molecule has 1 saturated heterocycles. The van der Waals surface area contributed by atoms with Gasteiger partial charge in [0.1, 0.15) is 5.82 Å². The number of nitrogens with zero attached hydrogens (tertiary/aromatic N) is 5. The molecule has 1 N–H and O–H groups in total. The van der Waals surface area contributed by atoms with Crippen molar-refractivity contribution in [1.29, 1.82) is 0 Å². The Morgan fingerprint density at radius 1 is 1.36 bits per heavy atom. The molecule has 0 amide bonds. The fraction of sp³-hybridized carbons (Fsp3) is 0.611. The Bertz CT molecular complexity index is 717. The summed E-state index contributed by atoms with van der Waals surface area (Å²) >= 11 is 0. The van der Waals surface area contributed by atoms with Gasteiger partial charge in [-0.15, -0.1) is 0 Å². The Morgan fingerprint density at radius 3 is 2.76 bits per heavy atom. The van der Waals surface area contributed by atoms with Crippen molar-refractivity contribution in [2.24, 2.45) is 0 Å². The van der Waals surface area contributed by atoms with E-state index in [1.165, 1.54) is 6.07 Å². The van der Waals surface area contributed by atoms with Crippen LogP contribution in [-0.4, -0.2) is 62.3 Å². The van der Waals surface area contributed by atoms with Gasteiger partial charge in [0.15, 0.2) is 0 Å². The zero-order valence-electron chi connectivity index (χ0n) is 15.4. The molecule has 3 heterocycles. The lowest BCUT2D eigenvalue weighted by Gasteiger charge is -2.39. The molecule has 0 saturated carbocycles. The monoisotopic (exact) mass is 344 g/mol. The first kappa shape index (κ1) is 17.8. The lowest BCUT2D eigenvalue weighted by Crippen LogP contribution is -2.45. The quantitative estimate of drug-likeness (QED) is 0.858. The molecule has 0 aromatic carbocycles. The molecule has 1 aliphatic rings. The van der Waals surface area contributed by atoms with Crippen LogP contribution in [0.1, 0.15) is 37.3 Å². The first-order chi connectivity index (χ1) is 12.0. The number of aromatic nitrogens is 4. The average molecular weight is 344 g/mol. The second kappa shape index (κ2) is 7.93. The molecule has 0 unspecified atom stereocenters. The van der Waals surface area contributed by atoms with Gasteiger partial charge in [0.2, 0.25) is 0 Å². The van der Waals surface area contributed by atoms with Crippen molar-refractivity contribution >= 4 is 0 Å². The van der Waals surface area contributed by atoms with Gasteiger partial charge >= 0.3 is 0 Å². The number of piperidine rings is 1. The largest absolute Gasteiger partial charge is 0.309 e. The van der Waals surface area contributed by atoms with Gasteiger partial charge in [-0.3, -0.25) is 14.4 Å². The van der Waals surface area contributed by atoms with Crippen molar-refractivity contribution in [2.75, 3.05) is 26.7 Å². The van der Waals surface area contributed by atoms with Gasteiger partial charge in [0, 0.05) is 36.7 Å². The molecule has 7 nitrogen and oxygen atoms in total. The molecule has 136 valence electrons. The molecule has 2 aromatic heterocycles. The van der Waals surface area contributed by atoms with E-state index in [4.69, 9.17) is 0 Å².